The summed E-state index contributed by atoms with van der Waals surface area (Å²) in [6.45, 7) is 4.16. The summed E-state index contributed by atoms with van der Waals surface area (Å²) < 4.78 is 10.8. The van der Waals surface area contributed by atoms with Crippen molar-refractivity contribution in [3.05, 3.63) is 51.2 Å². The van der Waals surface area contributed by atoms with Crippen LogP contribution in [0.25, 0.3) is 10.6 Å². The zero-order chi connectivity index (χ0) is 16.4. The molecule has 24 heavy (non-hydrogen) atoms. The summed E-state index contributed by atoms with van der Waals surface area (Å²) in [6, 6.07) is 10.4. The minimum Gasteiger partial charge on any atom is -0.454 e. The van der Waals surface area contributed by atoms with Crippen LogP contribution in [0.2, 0.25) is 0 Å². The predicted octanol–water partition coefficient (Wildman–Crippen LogP) is 4.45. The Morgan fingerprint density at radius 1 is 1.08 bits per heavy atom. The van der Waals surface area contributed by atoms with E-state index in [-0.39, 0.29) is 0 Å². The number of aryl methyl sites for hydroxylation is 1. The second-order valence-corrected chi connectivity index (χ2v) is 7.65. The molecule has 3 aromatic rings. The number of nitrogens with zero attached hydrogens (tertiary/aromatic N) is 1. The average molecular weight is 358 g/mol. The van der Waals surface area contributed by atoms with E-state index in [1.807, 2.05) is 29.5 Å². The van der Waals surface area contributed by atoms with E-state index in [1.54, 1.807) is 11.3 Å². The normalized spacial score (nSPS) is 12.7. The van der Waals surface area contributed by atoms with Crippen LogP contribution in [0.15, 0.2) is 35.7 Å². The van der Waals surface area contributed by atoms with Crippen LogP contribution in [0.3, 0.4) is 0 Å². The smallest absolute Gasteiger partial charge is 0.231 e. The molecule has 1 aliphatic rings. The molecule has 6 heteroatoms. The van der Waals surface area contributed by atoms with Crippen molar-refractivity contribution in [2.75, 3.05) is 6.79 Å². The maximum absolute atomic E-state index is 5.44. The van der Waals surface area contributed by atoms with E-state index in [0.29, 0.717) is 6.79 Å². The number of thiophene rings is 1. The Balaban J connectivity index is 1.38. The third kappa shape index (κ3) is 3.31. The molecule has 3 heterocycles. The highest BCUT2D eigenvalue weighted by atomic mass is 32.1. The summed E-state index contributed by atoms with van der Waals surface area (Å²) >= 11 is 3.53. The molecule has 4 rings (SSSR count). The summed E-state index contributed by atoms with van der Waals surface area (Å²) in [7, 11) is 0. The van der Waals surface area contributed by atoms with E-state index in [4.69, 9.17) is 14.5 Å². The van der Waals surface area contributed by atoms with E-state index >= 15 is 0 Å². The van der Waals surface area contributed by atoms with Crippen LogP contribution in [0.1, 0.15) is 22.4 Å². The van der Waals surface area contributed by atoms with Gasteiger partial charge in [-0.25, -0.2) is 4.98 Å². The summed E-state index contributed by atoms with van der Waals surface area (Å²) in [5.74, 6) is 1.60. The Morgan fingerprint density at radius 3 is 2.83 bits per heavy atom. The fourth-order valence-electron chi connectivity index (χ4n) is 2.57. The van der Waals surface area contributed by atoms with Gasteiger partial charge in [0.25, 0.3) is 0 Å². The lowest BCUT2D eigenvalue weighted by atomic mass is 10.2. The molecule has 0 spiro atoms. The Bertz CT molecular complexity index is 841. The van der Waals surface area contributed by atoms with Crippen molar-refractivity contribution in [1.82, 2.24) is 10.3 Å². The summed E-state index contributed by atoms with van der Waals surface area (Å²) in [4.78, 5) is 7.53. The molecule has 0 bridgehead atoms. The molecule has 4 nitrogen and oxygen atoms in total. The minimum absolute atomic E-state index is 0.300. The van der Waals surface area contributed by atoms with Gasteiger partial charge in [0.2, 0.25) is 6.79 Å². The number of hydrogen-bond acceptors (Lipinski definition) is 6. The summed E-state index contributed by atoms with van der Waals surface area (Å²) in [5, 5.41) is 6.59. The van der Waals surface area contributed by atoms with Crippen molar-refractivity contribution < 1.29 is 9.47 Å². The molecule has 0 amide bonds. The van der Waals surface area contributed by atoms with Gasteiger partial charge in [-0.2, -0.15) is 0 Å². The third-order valence-electron chi connectivity index (χ3n) is 3.84. The number of hydrogen-bond donors (Lipinski definition) is 1. The highest BCUT2D eigenvalue weighted by molar-refractivity contribution is 7.13. The lowest BCUT2D eigenvalue weighted by Gasteiger charge is -2.01. The monoisotopic (exact) mass is 358 g/mol. The van der Waals surface area contributed by atoms with Crippen LogP contribution in [0.4, 0.5) is 0 Å². The van der Waals surface area contributed by atoms with Gasteiger partial charge in [-0.3, -0.25) is 0 Å². The Morgan fingerprint density at radius 2 is 1.96 bits per heavy atom. The molecule has 1 aliphatic heterocycles. The number of benzene rings is 1. The topological polar surface area (TPSA) is 43.4 Å². The predicted molar refractivity (Wildman–Crippen MR) is 97.9 cm³/mol. The fourth-order valence-corrected chi connectivity index (χ4v) is 4.32. The van der Waals surface area contributed by atoms with Crippen molar-refractivity contribution >= 4 is 22.7 Å². The van der Waals surface area contributed by atoms with Crippen molar-refractivity contribution in [3.63, 3.8) is 0 Å². The van der Waals surface area contributed by atoms with Crippen LogP contribution < -0.4 is 14.8 Å². The molecule has 1 N–H and O–H groups in total. The molecule has 0 aliphatic carbocycles. The lowest BCUT2D eigenvalue weighted by Crippen LogP contribution is -2.11. The zero-order valence-corrected chi connectivity index (χ0v) is 15.0. The molecule has 0 unspecified atom stereocenters. The second kappa shape index (κ2) is 6.93. The van der Waals surface area contributed by atoms with Crippen molar-refractivity contribution in [2.45, 2.75) is 26.4 Å². The van der Waals surface area contributed by atoms with Gasteiger partial charge >= 0.3 is 0 Å². The van der Waals surface area contributed by atoms with E-state index in [1.165, 1.54) is 9.75 Å². The highest BCUT2D eigenvalue weighted by Crippen LogP contribution is 2.36. The maximum atomic E-state index is 5.44. The number of thiazole rings is 1. The van der Waals surface area contributed by atoms with Crippen LogP contribution in [-0.2, 0) is 19.5 Å². The van der Waals surface area contributed by atoms with Gasteiger partial charge in [-0.15, -0.1) is 22.7 Å². The largest absolute Gasteiger partial charge is 0.454 e. The molecule has 1 aromatic carbocycles. The van der Waals surface area contributed by atoms with Crippen LogP contribution in [0.5, 0.6) is 11.5 Å². The lowest BCUT2D eigenvalue weighted by molar-refractivity contribution is 0.174. The van der Waals surface area contributed by atoms with Gasteiger partial charge in [0.15, 0.2) is 11.5 Å². The minimum atomic E-state index is 0.300. The molecule has 0 fully saturated rings. The fraction of sp³-hybridized carbons (Fsp3) is 0.278. The number of nitrogens with one attached hydrogen (secondary N) is 1. The first-order valence-corrected chi connectivity index (χ1v) is 9.64. The summed E-state index contributed by atoms with van der Waals surface area (Å²) in [5.41, 5.74) is 2.14. The molecule has 124 valence electrons. The first-order valence-electron chi connectivity index (χ1n) is 7.94. The Kier molecular flexibility index (Phi) is 4.51. The maximum Gasteiger partial charge on any atom is 0.231 e. The highest BCUT2D eigenvalue weighted by Gasteiger charge is 2.15. The number of fused-ring (bicyclic) bond motifs is 1. The second-order valence-electron chi connectivity index (χ2n) is 5.54. The molecular formula is C18H18N2O2S2. The Labute approximate surface area is 149 Å². The molecule has 2 aromatic heterocycles. The van der Waals surface area contributed by atoms with Gasteiger partial charge in [0.1, 0.15) is 5.01 Å². The van der Waals surface area contributed by atoms with Gasteiger partial charge in [0.05, 0.1) is 5.69 Å². The number of aromatic nitrogens is 1. The molecule has 0 atom stereocenters. The molecular weight excluding hydrogens is 340 g/mol. The van der Waals surface area contributed by atoms with Crippen molar-refractivity contribution in [1.29, 1.82) is 0 Å². The SMILES string of the molecule is CCc1ccc(CNCc2csc(-c3ccc4c(c3)OCO4)n2)s1. The van der Waals surface area contributed by atoms with Gasteiger partial charge in [-0.1, -0.05) is 6.92 Å². The Hall–Kier alpha value is -1.89. The molecule has 0 radical (unpaired) electrons. The van der Waals surface area contributed by atoms with Gasteiger partial charge in [0, 0.05) is 33.8 Å². The molecule has 0 saturated heterocycles. The van der Waals surface area contributed by atoms with Crippen LogP contribution in [0, 0.1) is 0 Å². The van der Waals surface area contributed by atoms with E-state index in [9.17, 15) is 0 Å². The number of ether oxygens (including phenoxy) is 2. The van der Waals surface area contributed by atoms with Crippen LogP contribution >= 0.6 is 22.7 Å². The van der Waals surface area contributed by atoms with Crippen molar-refractivity contribution in [2.24, 2.45) is 0 Å². The zero-order valence-electron chi connectivity index (χ0n) is 13.4. The number of rotatable bonds is 6. The quantitative estimate of drug-likeness (QED) is 0.707. The standard InChI is InChI=1S/C18H18N2O2S2/c1-2-14-4-5-15(24-14)9-19-8-13-10-23-18(20-13)12-3-6-16-17(7-12)22-11-21-16/h3-7,10,19H,2,8-9,11H2,1H3. The first kappa shape index (κ1) is 15.6. The van der Waals surface area contributed by atoms with E-state index < -0.39 is 0 Å². The van der Waals surface area contributed by atoms with E-state index in [2.05, 4.69) is 29.8 Å². The summed E-state index contributed by atoms with van der Waals surface area (Å²) in [6.07, 6.45) is 1.11. The third-order valence-corrected chi connectivity index (χ3v) is 6.01. The van der Waals surface area contributed by atoms with E-state index in [0.717, 1.165) is 47.3 Å². The van der Waals surface area contributed by atoms with Gasteiger partial charge < -0.3 is 14.8 Å². The first-order chi connectivity index (χ1) is 11.8. The molecule has 0 saturated carbocycles. The van der Waals surface area contributed by atoms with Crippen molar-refractivity contribution in [3.8, 4) is 22.1 Å². The van der Waals surface area contributed by atoms with Gasteiger partial charge in [-0.05, 0) is 36.8 Å². The average Bonchev–Trinajstić information content (AvgIpc) is 3.34. The van der Waals surface area contributed by atoms with Crippen LogP contribution in [-0.4, -0.2) is 11.8 Å².